The number of carbonyl (C=O) groups is 2. The number of nitrogens with one attached hydrogen (secondary N) is 1. The highest BCUT2D eigenvalue weighted by Gasteiger charge is 2.26. The van der Waals surface area contributed by atoms with Crippen LogP contribution >= 0.6 is 0 Å². The van der Waals surface area contributed by atoms with Gasteiger partial charge in [0.15, 0.2) is 0 Å². The van der Waals surface area contributed by atoms with Crippen LogP contribution in [0.1, 0.15) is 30.1 Å². The molecule has 114 valence electrons. The molecule has 0 radical (unpaired) electrons. The summed E-state index contributed by atoms with van der Waals surface area (Å²) in [5.74, 6) is 0.402. The predicted octanol–water partition coefficient (Wildman–Crippen LogP) is 1.02. The molecule has 0 spiro atoms. The Kier molecular flexibility index (Phi) is 4.67. The number of hydrogen-bond donors (Lipinski definition) is 2. The van der Waals surface area contributed by atoms with E-state index >= 15 is 0 Å². The molecule has 0 aromatic heterocycles. The molecule has 3 N–H and O–H groups in total. The molecule has 1 saturated heterocycles. The Morgan fingerprint density at radius 1 is 1.43 bits per heavy atom. The normalized spacial score (nSPS) is 18.2. The van der Waals surface area contributed by atoms with Gasteiger partial charge in [-0.25, -0.2) is 0 Å². The minimum absolute atomic E-state index is 0.00651. The molecule has 1 unspecified atom stereocenters. The lowest BCUT2D eigenvalue weighted by Gasteiger charge is -2.33. The summed E-state index contributed by atoms with van der Waals surface area (Å²) in [5.41, 5.74) is 6.77. The minimum Gasteiger partial charge on any atom is -0.497 e. The van der Waals surface area contributed by atoms with Gasteiger partial charge in [0.2, 0.25) is 5.91 Å². The van der Waals surface area contributed by atoms with Gasteiger partial charge in [-0.05, 0) is 31.0 Å². The number of nitrogen functional groups attached to an aromatic ring is 1. The Morgan fingerprint density at radius 3 is 2.86 bits per heavy atom. The SMILES string of the molecule is COc1ccc(N)c(C(=O)N2CCCC(NC(C)=O)C2)c1. The summed E-state index contributed by atoms with van der Waals surface area (Å²) in [6.45, 7) is 2.67. The third-order valence-corrected chi connectivity index (χ3v) is 3.61. The average molecular weight is 291 g/mol. The van der Waals surface area contributed by atoms with Crippen molar-refractivity contribution in [3.63, 3.8) is 0 Å². The van der Waals surface area contributed by atoms with Crippen molar-refractivity contribution in [1.82, 2.24) is 10.2 Å². The summed E-state index contributed by atoms with van der Waals surface area (Å²) in [4.78, 5) is 25.5. The number of rotatable bonds is 3. The topological polar surface area (TPSA) is 84.7 Å². The number of benzene rings is 1. The van der Waals surface area contributed by atoms with Crippen molar-refractivity contribution in [2.45, 2.75) is 25.8 Å². The first-order valence-corrected chi connectivity index (χ1v) is 7.01. The van der Waals surface area contributed by atoms with Crippen LogP contribution in [0.5, 0.6) is 5.75 Å². The number of methoxy groups -OCH3 is 1. The van der Waals surface area contributed by atoms with E-state index in [9.17, 15) is 9.59 Å². The molecule has 0 saturated carbocycles. The Balaban J connectivity index is 2.13. The van der Waals surface area contributed by atoms with Crippen LogP contribution in [0.3, 0.4) is 0 Å². The molecular formula is C15H21N3O3. The van der Waals surface area contributed by atoms with E-state index in [4.69, 9.17) is 10.5 Å². The molecular weight excluding hydrogens is 270 g/mol. The van der Waals surface area contributed by atoms with Crippen LogP contribution in [-0.4, -0.2) is 43.0 Å². The van der Waals surface area contributed by atoms with Gasteiger partial charge >= 0.3 is 0 Å². The fraction of sp³-hybridized carbons (Fsp3) is 0.467. The van der Waals surface area contributed by atoms with E-state index in [0.717, 1.165) is 12.8 Å². The van der Waals surface area contributed by atoms with E-state index in [-0.39, 0.29) is 17.9 Å². The van der Waals surface area contributed by atoms with Crippen LogP contribution in [0.25, 0.3) is 0 Å². The lowest BCUT2D eigenvalue weighted by Crippen LogP contribution is -2.49. The number of carbonyl (C=O) groups excluding carboxylic acids is 2. The predicted molar refractivity (Wildman–Crippen MR) is 80.1 cm³/mol. The number of amides is 2. The van der Waals surface area contributed by atoms with Crippen molar-refractivity contribution in [2.75, 3.05) is 25.9 Å². The second kappa shape index (κ2) is 6.47. The summed E-state index contributed by atoms with van der Waals surface area (Å²) in [6.07, 6.45) is 1.75. The molecule has 1 aliphatic rings. The molecule has 0 bridgehead atoms. The van der Waals surface area contributed by atoms with Crippen molar-refractivity contribution < 1.29 is 14.3 Å². The van der Waals surface area contributed by atoms with Crippen molar-refractivity contribution in [2.24, 2.45) is 0 Å². The summed E-state index contributed by atoms with van der Waals surface area (Å²) in [5, 5.41) is 2.87. The largest absolute Gasteiger partial charge is 0.497 e. The van der Waals surface area contributed by atoms with Gasteiger partial charge in [-0.2, -0.15) is 0 Å². The second-order valence-electron chi connectivity index (χ2n) is 5.24. The quantitative estimate of drug-likeness (QED) is 0.814. The van der Waals surface area contributed by atoms with Gasteiger partial charge in [0.05, 0.1) is 12.7 Å². The Hall–Kier alpha value is -2.24. The summed E-state index contributed by atoms with van der Waals surface area (Å²) >= 11 is 0. The standard InChI is InChI=1S/C15H21N3O3/c1-10(19)17-11-4-3-7-18(9-11)15(20)13-8-12(21-2)5-6-14(13)16/h5-6,8,11H,3-4,7,9,16H2,1-2H3,(H,17,19). The zero-order valence-corrected chi connectivity index (χ0v) is 12.4. The van der Waals surface area contributed by atoms with Crippen molar-refractivity contribution in [3.05, 3.63) is 23.8 Å². The average Bonchev–Trinajstić information content (AvgIpc) is 2.46. The monoisotopic (exact) mass is 291 g/mol. The molecule has 6 nitrogen and oxygen atoms in total. The molecule has 1 fully saturated rings. The lowest BCUT2D eigenvalue weighted by molar-refractivity contribution is -0.120. The first kappa shape index (κ1) is 15.2. The third kappa shape index (κ3) is 3.65. The van der Waals surface area contributed by atoms with Gasteiger partial charge in [0.25, 0.3) is 5.91 Å². The number of nitrogens with zero attached hydrogens (tertiary/aromatic N) is 1. The fourth-order valence-corrected chi connectivity index (χ4v) is 2.58. The number of piperidine rings is 1. The number of anilines is 1. The first-order chi connectivity index (χ1) is 10.0. The smallest absolute Gasteiger partial charge is 0.256 e. The summed E-state index contributed by atoms with van der Waals surface area (Å²) in [6, 6.07) is 5.05. The van der Waals surface area contributed by atoms with E-state index in [1.54, 1.807) is 30.2 Å². The summed E-state index contributed by atoms with van der Waals surface area (Å²) in [7, 11) is 1.55. The first-order valence-electron chi connectivity index (χ1n) is 7.01. The molecule has 1 aliphatic heterocycles. The van der Waals surface area contributed by atoms with E-state index in [1.807, 2.05) is 0 Å². The van der Waals surface area contributed by atoms with E-state index in [2.05, 4.69) is 5.32 Å². The third-order valence-electron chi connectivity index (χ3n) is 3.61. The molecule has 21 heavy (non-hydrogen) atoms. The van der Waals surface area contributed by atoms with Crippen molar-refractivity contribution in [1.29, 1.82) is 0 Å². The molecule has 1 heterocycles. The zero-order valence-electron chi connectivity index (χ0n) is 12.4. The van der Waals surface area contributed by atoms with Crippen LogP contribution in [0.15, 0.2) is 18.2 Å². The Labute approximate surface area is 124 Å². The Morgan fingerprint density at radius 2 is 2.19 bits per heavy atom. The molecule has 1 aromatic carbocycles. The molecule has 0 aliphatic carbocycles. The van der Waals surface area contributed by atoms with Crippen LogP contribution in [0.2, 0.25) is 0 Å². The number of ether oxygens (including phenoxy) is 1. The van der Waals surface area contributed by atoms with Crippen LogP contribution in [0, 0.1) is 0 Å². The van der Waals surface area contributed by atoms with Gasteiger partial charge < -0.3 is 20.7 Å². The lowest BCUT2D eigenvalue weighted by atomic mass is 10.0. The molecule has 2 rings (SSSR count). The van der Waals surface area contributed by atoms with Gasteiger partial charge in [-0.3, -0.25) is 9.59 Å². The molecule has 1 atom stereocenters. The van der Waals surface area contributed by atoms with Gasteiger partial charge in [0.1, 0.15) is 5.75 Å². The van der Waals surface area contributed by atoms with Gasteiger partial charge in [0, 0.05) is 31.7 Å². The molecule has 2 amide bonds. The number of hydrogen-bond acceptors (Lipinski definition) is 4. The molecule has 1 aromatic rings. The van der Waals surface area contributed by atoms with Crippen LogP contribution < -0.4 is 15.8 Å². The highest BCUT2D eigenvalue weighted by atomic mass is 16.5. The minimum atomic E-state index is -0.124. The van der Waals surface area contributed by atoms with Crippen molar-refractivity contribution >= 4 is 17.5 Å². The van der Waals surface area contributed by atoms with E-state index < -0.39 is 0 Å². The van der Waals surface area contributed by atoms with Gasteiger partial charge in [-0.1, -0.05) is 0 Å². The number of nitrogens with two attached hydrogens (primary N) is 1. The van der Waals surface area contributed by atoms with Gasteiger partial charge in [-0.15, -0.1) is 0 Å². The van der Waals surface area contributed by atoms with E-state index in [0.29, 0.717) is 30.1 Å². The van der Waals surface area contributed by atoms with Crippen LogP contribution in [0.4, 0.5) is 5.69 Å². The zero-order chi connectivity index (χ0) is 15.4. The van der Waals surface area contributed by atoms with E-state index in [1.165, 1.54) is 6.92 Å². The maximum Gasteiger partial charge on any atom is 0.256 e. The number of likely N-dealkylation sites (tertiary alicyclic amines) is 1. The van der Waals surface area contributed by atoms with Crippen molar-refractivity contribution in [3.8, 4) is 5.75 Å². The van der Waals surface area contributed by atoms with Crippen LogP contribution in [-0.2, 0) is 4.79 Å². The second-order valence-corrected chi connectivity index (χ2v) is 5.24. The highest BCUT2D eigenvalue weighted by molar-refractivity contribution is 5.99. The molecule has 6 heteroatoms. The highest BCUT2D eigenvalue weighted by Crippen LogP contribution is 2.22. The Bertz CT molecular complexity index is 545. The maximum atomic E-state index is 12.6. The summed E-state index contributed by atoms with van der Waals surface area (Å²) < 4.78 is 5.14. The maximum absolute atomic E-state index is 12.6. The fourth-order valence-electron chi connectivity index (χ4n) is 2.58.